The van der Waals surface area contributed by atoms with Gasteiger partial charge in [0.25, 0.3) is 0 Å². The molecule has 2 aromatic rings. The monoisotopic (exact) mass is 258 g/mol. The molecule has 0 aliphatic carbocycles. The maximum Gasteiger partial charge on any atom is 0.238 e. The van der Waals surface area contributed by atoms with Crippen LogP contribution in [0.25, 0.3) is 0 Å². The van der Waals surface area contributed by atoms with E-state index in [0.29, 0.717) is 6.54 Å². The predicted molar refractivity (Wildman–Crippen MR) is 73.2 cm³/mol. The Morgan fingerprint density at radius 2 is 1.68 bits per heavy atom. The van der Waals surface area contributed by atoms with Crippen LogP contribution in [0.5, 0.6) is 0 Å². The molecule has 2 N–H and O–H groups in total. The van der Waals surface area contributed by atoms with Gasteiger partial charge in [-0.15, -0.1) is 0 Å². The van der Waals surface area contributed by atoms with E-state index in [-0.39, 0.29) is 18.3 Å². The number of rotatable bonds is 5. The Bertz CT molecular complexity index is 526. The number of carbonyl (C=O) groups excluding carboxylic acids is 1. The van der Waals surface area contributed by atoms with Crippen LogP contribution < -0.4 is 10.6 Å². The highest BCUT2D eigenvalue weighted by Crippen LogP contribution is 2.04. The standard InChI is InChI=1S/C15H15FN2O/c16-13-8-6-12(7-9-13)10-17-11-15(19)18-14-4-2-1-3-5-14/h1-9,17H,10-11H2,(H,18,19). The Hall–Kier alpha value is -2.20. The number of halogens is 1. The summed E-state index contributed by atoms with van der Waals surface area (Å²) in [5, 5.41) is 5.78. The van der Waals surface area contributed by atoms with E-state index in [1.165, 1.54) is 12.1 Å². The minimum absolute atomic E-state index is 0.103. The first-order chi connectivity index (χ1) is 9.24. The van der Waals surface area contributed by atoms with Crippen LogP contribution >= 0.6 is 0 Å². The zero-order chi connectivity index (χ0) is 13.5. The number of carbonyl (C=O) groups is 1. The zero-order valence-corrected chi connectivity index (χ0v) is 10.4. The van der Waals surface area contributed by atoms with Crippen molar-refractivity contribution in [3.8, 4) is 0 Å². The van der Waals surface area contributed by atoms with E-state index in [4.69, 9.17) is 0 Å². The molecular weight excluding hydrogens is 243 g/mol. The molecule has 2 aromatic carbocycles. The highest BCUT2D eigenvalue weighted by molar-refractivity contribution is 5.92. The van der Waals surface area contributed by atoms with Crippen LogP contribution in [0.4, 0.5) is 10.1 Å². The van der Waals surface area contributed by atoms with Crippen molar-refractivity contribution in [2.45, 2.75) is 6.54 Å². The molecule has 19 heavy (non-hydrogen) atoms. The van der Waals surface area contributed by atoms with E-state index in [9.17, 15) is 9.18 Å². The molecule has 0 atom stereocenters. The molecule has 0 fully saturated rings. The average Bonchev–Trinajstić information content (AvgIpc) is 2.42. The molecule has 98 valence electrons. The smallest absolute Gasteiger partial charge is 0.238 e. The highest BCUT2D eigenvalue weighted by Gasteiger charge is 2.01. The molecule has 3 nitrogen and oxygen atoms in total. The van der Waals surface area contributed by atoms with E-state index < -0.39 is 0 Å². The minimum atomic E-state index is -0.259. The fourth-order valence-corrected chi connectivity index (χ4v) is 1.65. The van der Waals surface area contributed by atoms with Gasteiger partial charge in [0.15, 0.2) is 0 Å². The first-order valence-corrected chi connectivity index (χ1v) is 6.04. The van der Waals surface area contributed by atoms with Crippen molar-refractivity contribution in [2.24, 2.45) is 0 Å². The van der Waals surface area contributed by atoms with Gasteiger partial charge >= 0.3 is 0 Å². The Balaban J connectivity index is 1.74. The number of benzene rings is 2. The highest BCUT2D eigenvalue weighted by atomic mass is 19.1. The number of para-hydroxylation sites is 1. The first-order valence-electron chi connectivity index (χ1n) is 6.04. The van der Waals surface area contributed by atoms with E-state index in [1.54, 1.807) is 12.1 Å². The number of amides is 1. The van der Waals surface area contributed by atoms with Crippen LogP contribution in [0.3, 0.4) is 0 Å². The van der Waals surface area contributed by atoms with Gasteiger partial charge in [0.1, 0.15) is 5.82 Å². The molecule has 0 unspecified atom stereocenters. The molecule has 4 heteroatoms. The second kappa shape index (κ2) is 6.66. The summed E-state index contributed by atoms with van der Waals surface area (Å²) < 4.78 is 12.7. The second-order valence-corrected chi connectivity index (χ2v) is 4.14. The van der Waals surface area contributed by atoms with Crippen molar-refractivity contribution in [1.82, 2.24) is 5.32 Å². The van der Waals surface area contributed by atoms with Gasteiger partial charge in [-0.05, 0) is 29.8 Å². The summed E-state index contributed by atoms with van der Waals surface area (Å²) in [6.45, 7) is 0.745. The summed E-state index contributed by atoms with van der Waals surface area (Å²) in [7, 11) is 0. The molecule has 2 rings (SSSR count). The quantitative estimate of drug-likeness (QED) is 0.865. The van der Waals surface area contributed by atoms with Crippen LogP contribution in [0.2, 0.25) is 0 Å². The third-order valence-electron chi connectivity index (χ3n) is 2.59. The summed E-state index contributed by atoms with van der Waals surface area (Å²) in [4.78, 5) is 11.6. The van der Waals surface area contributed by atoms with Crippen LogP contribution in [0.15, 0.2) is 54.6 Å². The van der Waals surface area contributed by atoms with Crippen molar-refractivity contribution < 1.29 is 9.18 Å². The van der Waals surface area contributed by atoms with E-state index in [1.807, 2.05) is 30.3 Å². The number of anilines is 1. The van der Waals surface area contributed by atoms with Crippen molar-refractivity contribution in [3.63, 3.8) is 0 Å². The molecule has 0 heterocycles. The van der Waals surface area contributed by atoms with Crippen molar-refractivity contribution in [2.75, 3.05) is 11.9 Å². The summed E-state index contributed by atoms with van der Waals surface area (Å²) in [6, 6.07) is 15.5. The molecule has 0 aliphatic heterocycles. The Kier molecular flexibility index (Phi) is 4.64. The Morgan fingerprint density at radius 1 is 1.00 bits per heavy atom. The van der Waals surface area contributed by atoms with Gasteiger partial charge in [-0.1, -0.05) is 30.3 Å². The Labute approximate surface area is 111 Å². The summed E-state index contributed by atoms with van der Waals surface area (Å²) in [5.41, 5.74) is 1.71. The molecule has 0 saturated carbocycles. The van der Waals surface area contributed by atoms with Crippen LogP contribution in [0.1, 0.15) is 5.56 Å². The molecule has 1 amide bonds. The van der Waals surface area contributed by atoms with Gasteiger partial charge < -0.3 is 10.6 Å². The number of hydrogen-bond acceptors (Lipinski definition) is 2. The topological polar surface area (TPSA) is 41.1 Å². The average molecular weight is 258 g/mol. The molecule has 0 bridgehead atoms. The zero-order valence-electron chi connectivity index (χ0n) is 10.4. The second-order valence-electron chi connectivity index (χ2n) is 4.14. The van der Waals surface area contributed by atoms with Crippen molar-refractivity contribution in [3.05, 3.63) is 66.0 Å². The van der Waals surface area contributed by atoms with Crippen molar-refractivity contribution >= 4 is 11.6 Å². The normalized spacial score (nSPS) is 10.2. The van der Waals surface area contributed by atoms with Gasteiger partial charge in [0.05, 0.1) is 6.54 Å². The molecule has 0 aliphatic rings. The fourth-order valence-electron chi connectivity index (χ4n) is 1.65. The Morgan fingerprint density at radius 3 is 2.37 bits per heavy atom. The largest absolute Gasteiger partial charge is 0.325 e. The molecule has 0 radical (unpaired) electrons. The lowest BCUT2D eigenvalue weighted by Crippen LogP contribution is -2.27. The number of hydrogen-bond donors (Lipinski definition) is 2. The van der Waals surface area contributed by atoms with Crippen LogP contribution in [0, 0.1) is 5.82 Å². The predicted octanol–water partition coefficient (Wildman–Crippen LogP) is 2.55. The lowest BCUT2D eigenvalue weighted by molar-refractivity contribution is -0.115. The lowest BCUT2D eigenvalue weighted by atomic mass is 10.2. The lowest BCUT2D eigenvalue weighted by Gasteiger charge is -2.06. The van der Waals surface area contributed by atoms with Gasteiger partial charge in [-0.2, -0.15) is 0 Å². The van der Waals surface area contributed by atoms with E-state index >= 15 is 0 Å². The van der Waals surface area contributed by atoms with Crippen LogP contribution in [-0.4, -0.2) is 12.5 Å². The summed E-state index contributed by atoms with van der Waals surface area (Å²) in [6.07, 6.45) is 0. The van der Waals surface area contributed by atoms with Crippen molar-refractivity contribution in [1.29, 1.82) is 0 Å². The fraction of sp³-hybridized carbons (Fsp3) is 0.133. The molecule has 0 spiro atoms. The third kappa shape index (κ3) is 4.52. The minimum Gasteiger partial charge on any atom is -0.325 e. The van der Waals surface area contributed by atoms with E-state index in [0.717, 1.165) is 11.3 Å². The summed E-state index contributed by atoms with van der Waals surface area (Å²) >= 11 is 0. The van der Waals surface area contributed by atoms with Gasteiger partial charge in [-0.25, -0.2) is 4.39 Å². The van der Waals surface area contributed by atoms with Gasteiger partial charge in [-0.3, -0.25) is 4.79 Å². The summed E-state index contributed by atoms with van der Waals surface area (Å²) in [5.74, 6) is -0.362. The van der Waals surface area contributed by atoms with Gasteiger partial charge in [0.2, 0.25) is 5.91 Å². The number of nitrogens with one attached hydrogen (secondary N) is 2. The SMILES string of the molecule is O=C(CNCc1ccc(F)cc1)Nc1ccccc1. The third-order valence-corrected chi connectivity index (χ3v) is 2.59. The maximum atomic E-state index is 12.7. The molecular formula is C15H15FN2O. The molecule has 0 saturated heterocycles. The molecule has 0 aromatic heterocycles. The first kappa shape index (κ1) is 13.2. The maximum absolute atomic E-state index is 12.7. The van der Waals surface area contributed by atoms with Gasteiger partial charge in [0, 0.05) is 12.2 Å². The van der Waals surface area contributed by atoms with E-state index in [2.05, 4.69) is 10.6 Å². The van der Waals surface area contributed by atoms with Crippen LogP contribution in [-0.2, 0) is 11.3 Å².